The van der Waals surface area contributed by atoms with Gasteiger partial charge in [0.25, 0.3) is 11.8 Å². The second-order valence-electron chi connectivity index (χ2n) is 17.6. The van der Waals surface area contributed by atoms with Crippen LogP contribution >= 0.6 is 22.7 Å². The van der Waals surface area contributed by atoms with Gasteiger partial charge in [-0.15, -0.1) is 22.7 Å². The summed E-state index contributed by atoms with van der Waals surface area (Å²) in [5, 5.41) is 39.1. The molecule has 0 radical (unpaired) electrons. The quantitative estimate of drug-likeness (QED) is 0.0498. The zero-order valence-corrected chi connectivity index (χ0v) is 40.5. The molecule has 15 nitrogen and oxygen atoms in total. The first-order valence-electron chi connectivity index (χ1n) is 22.6. The third kappa shape index (κ3) is 12.9. The van der Waals surface area contributed by atoms with Gasteiger partial charge < -0.3 is 46.9 Å². The molecule has 6 aromatic rings. The number of hydrogen-bond donors (Lipinski definition) is 7. The summed E-state index contributed by atoms with van der Waals surface area (Å²) in [7, 11) is 0. The third-order valence-electron chi connectivity index (χ3n) is 11.7. The number of ether oxygens (including phenoxy) is 2. The maximum atomic E-state index is 15.0. The monoisotopic (exact) mass is 984 g/mol. The van der Waals surface area contributed by atoms with Gasteiger partial charge in [-0.1, -0.05) is 56.3 Å². The Bertz CT molecular complexity index is 2720. The maximum absolute atomic E-state index is 15.0. The van der Waals surface area contributed by atoms with Gasteiger partial charge in [-0.05, 0) is 73.9 Å². The molecule has 2 fully saturated rings. The average Bonchev–Trinajstić information content (AvgIpc) is 3.95. The molecule has 0 spiro atoms. The Morgan fingerprint density at radius 1 is 0.725 bits per heavy atom. The van der Waals surface area contributed by atoms with Crippen LogP contribution in [0.5, 0.6) is 0 Å². The number of carbonyl (C=O) groups is 2. The van der Waals surface area contributed by atoms with Crippen molar-refractivity contribution in [3.63, 3.8) is 0 Å². The van der Waals surface area contributed by atoms with Gasteiger partial charge >= 0.3 is 0 Å². The number of aliphatic hydroxyl groups excluding tert-OH is 2. The molecule has 8 rings (SSSR count). The zero-order valence-electron chi connectivity index (χ0n) is 38.8. The number of nitrogens with two attached hydrogens (primary N) is 2. The number of anilines is 4. The number of aromatic nitrogens is 2. The number of aliphatic hydroxyl groups is 3. The molecule has 3 unspecified atom stereocenters. The van der Waals surface area contributed by atoms with Gasteiger partial charge in [0.2, 0.25) is 0 Å². The molecule has 2 amide bonds. The number of rotatable bonds is 16. The zero-order chi connectivity index (χ0) is 49.4. The first-order chi connectivity index (χ1) is 33.0. The number of pyridine rings is 2. The summed E-state index contributed by atoms with van der Waals surface area (Å²) >= 11 is 2.40. The van der Waals surface area contributed by atoms with Gasteiger partial charge in [0, 0.05) is 53.6 Å². The molecule has 19 heteroatoms. The second-order valence-corrected chi connectivity index (χ2v) is 19.7. The summed E-state index contributed by atoms with van der Waals surface area (Å²) in [4.78, 5) is 38.9. The molecule has 2 aliphatic heterocycles. The number of amides is 2. The Balaban J connectivity index is 0.000000208. The second kappa shape index (κ2) is 22.8. The summed E-state index contributed by atoms with van der Waals surface area (Å²) in [6.45, 7) is 13.0. The van der Waals surface area contributed by atoms with Crippen molar-refractivity contribution in [3.05, 3.63) is 131 Å². The summed E-state index contributed by atoms with van der Waals surface area (Å²) in [6.07, 6.45) is -1.40. The molecule has 4 aromatic heterocycles. The van der Waals surface area contributed by atoms with E-state index in [9.17, 15) is 29.3 Å². The number of carbonyl (C=O) groups excluding carboxylic acids is 2. The smallest absolute Gasteiger partial charge is 0.251 e. The van der Waals surface area contributed by atoms with Crippen LogP contribution in [0.1, 0.15) is 77.5 Å². The molecule has 3 atom stereocenters. The summed E-state index contributed by atoms with van der Waals surface area (Å²) in [6, 6.07) is 24.5. The van der Waals surface area contributed by atoms with Crippen molar-refractivity contribution in [2.45, 2.75) is 51.5 Å². The highest BCUT2D eigenvalue weighted by atomic mass is 32.1. The van der Waals surface area contributed by atoms with Gasteiger partial charge in [-0.2, -0.15) is 0 Å². The molecule has 0 bridgehead atoms. The molecule has 0 aliphatic carbocycles. The Kier molecular flexibility index (Phi) is 16.9. The fourth-order valence-corrected chi connectivity index (χ4v) is 10.1. The number of morpholine rings is 2. The van der Waals surface area contributed by atoms with Crippen LogP contribution in [0.4, 0.5) is 30.4 Å². The van der Waals surface area contributed by atoms with E-state index in [2.05, 4.69) is 25.4 Å². The van der Waals surface area contributed by atoms with E-state index in [0.29, 0.717) is 106 Å². The van der Waals surface area contributed by atoms with Crippen LogP contribution in [-0.2, 0) is 15.1 Å². The van der Waals surface area contributed by atoms with Crippen molar-refractivity contribution in [1.29, 1.82) is 0 Å². The number of nitrogens with one attached hydrogen (secondary N) is 2. The first kappa shape index (κ1) is 51.1. The van der Waals surface area contributed by atoms with Crippen LogP contribution in [0.3, 0.4) is 0 Å². The fraction of sp³-hybridized carbons (Fsp3) is 0.360. The lowest BCUT2D eigenvalue weighted by atomic mass is 9.95. The Morgan fingerprint density at radius 2 is 1.25 bits per heavy atom. The number of halogens is 2. The van der Waals surface area contributed by atoms with Crippen LogP contribution < -0.4 is 22.1 Å². The van der Waals surface area contributed by atoms with Crippen molar-refractivity contribution in [2.75, 3.05) is 69.8 Å². The molecular formula is C50H58F2N8O7S2. The highest BCUT2D eigenvalue weighted by Gasteiger charge is 2.32. The van der Waals surface area contributed by atoms with E-state index in [4.69, 9.17) is 25.9 Å². The van der Waals surface area contributed by atoms with Crippen LogP contribution in [-0.4, -0.2) is 112 Å². The lowest BCUT2D eigenvalue weighted by Crippen LogP contribution is -2.45. The molecule has 9 N–H and O–H groups in total. The predicted octanol–water partition coefficient (Wildman–Crippen LogP) is 7.57. The topological polar surface area (TPSA) is 222 Å². The summed E-state index contributed by atoms with van der Waals surface area (Å²) in [5.74, 6) is -1.21. The Morgan fingerprint density at radius 3 is 1.77 bits per heavy atom. The van der Waals surface area contributed by atoms with Gasteiger partial charge in [-0.3, -0.25) is 19.4 Å². The Labute approximate surface area is 407 Å². The summed E-state index contributed by atoms with van der Waals surface area (Å²) < 4.78 is 40.0. The predicted molar refractivity (Wildman–Crippen MR) is 265 cm³/mol. The van der Waals surface area contributed by atoms with E-state index in [1.54, 1.807) is 80.6 Å². The average molecular weight is 985 g/mol. The Hall–Kier alpha value is -5.74. The standard InChI is InChI=1S/C28H35FN4O4S.C22H23FN4O3S/c1-16(2)25(34)24(33-10-12-37-13-11-33)21-6-5-7-23(31-21)32-27-19(26(30)35)15-22(38-27)18-9-8-17(14-20(18)29)28(3,4)36;23-16-5-2-1-4-14(16)19-12-15(21(24)29)22(31-19)26-20-7-3-6-17(25-20)18(28)13-27-8-10-30-11-9-27/h5-9,14-16,24-25,34,36H,10-13H2,1-4H3,(H2,30,35)(H,31,32);1-7,12,18,28H,8-11,13H2,(H2,24,29)(H,25,26). The highest BCUT2D eigenvalue weighted by Crippen LogP contribution is 2.40. The molecule has 2 saturated heterocycles. The van der Waals surface area contributed by atoms with Crippen LogP contribution in [0.2, 0.25) is 0 Å². The first-order valence-corrected chi connectivity index (χ1v) is 24.2. The molecular weight excluding hydrogens is 927 g/mol. The number of thiophene rings is 2. The van der Waals surface area contributed by atoms with Gasteiger partial charge in [-0.25, -0.2) is 18.7 Å². The lowest BCUT2D eigenvalue weighted by Gasteiger charge is -2.38. The van der Waals surface area contributed by atoms with Crippen molar-refractivity contribution in [1.82, 2.24) is 19.8 Å². The van der Waals surface area contributed by atoms with Crippen LogP contribution in [0.25, 0.3) is 20.9 Å². The van der Waals surface area contributed by atoms with E-state index >= 15 is 4.39 Å². The third-order valence-corrected chi connectivity index (χ3v) is 13.9. The molecule has 2 aliphatic rings. The van der Waals surface area contributed by atoms with E-state index in [1.165, 1.54) is 34.8 Å². The SMILES string of the molecule is CC(C)C(O)C(c1cccc(Nc2sc(-c3ccc(C(C)(C)O)cc3F)cc2C(N)=O)n1)N1CCOCC1.NC(=O)c1cc(-c2ccccc2F)sc1Nc1cccc(C(O)CN2CCOCC2)n1. The van der Waals surface area contributed by atoms with Gasteiger partial charge in [0.1, 0.15) is 39.4 Å². The molecule has 0 saturated carbocycles. The minimum Gasteiger partial charge on any atom is -0.391 e. The van der Waals surface area contributed by atoms with E-state index < -0.39 is 35.4 Å². The lowest BCUT2D eigenvalue weighted by molar-refractivity contribution is -0.0371. The number of β-amino-alcohol motifs (C(OH)–C–C–N with tert-alkyl or cyclic N) is 1. The van der Waals surface area contributed by atoms with Crippen LogP contribution in [0, 0.1) is 17.6 Å². The van der Waals surface area contributed by atoms with E-state index in [0.717, 1.165) is 13.1 Å². The summed E-state index contributed by atoms with van der Waals surface area (Å²) in [5.41, 5.74) is 12.8. The number of primary amides is 2. The normalized spacial score (nSPS) is 16.0. The van der Waals surface area contributed by atoms with E-state index in [1.807, 2.05) is 26.0 Å². The van der Waals surface area contributed by atoms with Crippen molar-refractivity contribution in [2.24, 2.45) is 17.4 Å². The van der Waals surface area contributed by atoms with E-state index in [-0.39, 0.29) is 28.9 Å². The van der Waals surface area contributed by atoms with Crippen LogP contribution in [0.15, 0.2) is 91.0 Å². The molecule has 2 aromatic carbocycles. The van der Waals surface area contributed by atoms with Crippen molar-refractivity contribution >= 4 is 56.1 Å². The molecule has 366 valence electrons. The van der Waals surface area contributed by atoms with Gasteiger partial charge in [0.05, 0.1) is 66.7 Å². The molecule has 6 heterocycles. The number of hydrogen-bond acceptors (Lipinski definition) is 15. The van der Waals surface area contributed by atoms with Crippen molar-refractivity contribution < 1.29 is 43.2 Å². The number of nitrogens with zero attached hydrogens (tertiary/aromatic N) is 4. The largest absolute Gasteiger partial charge is 0.391 e. The fourth-order valence-electron chi connectivity index (χ4n) is 7.90. The molecule has 69 heavy (non-hydrogen) atoms. The minimum absolute atomic E-state index is 0.0141. The maximum Gasteiger partial charge on any atom is 0.251 e. The highest BCUT2D eigenvalue weighted by molar-refractivity contribution is 7.20. The minimum atomic E-state index is -1.18. The van der Waals surface area contributed by atoms with Gasteiger partial charge in [0.15, 0.2) is 0 Å². The van der Waals surface area contributed by atoms with Crippen molar-refractivity contribution in [3.8, 4) is 20.9 Å². The number of benzene rings is 2.